The van der Waals surface area contributed by atoms with Crippen molar-refractivity contribution in [3.63, 3.8) is 0 Å². The van der Waals surface area contributed by atoms with Crippen molar-refractivity contribution in [1.29, 1.82) is 0 Å². The van der Waals surface area contributed by atoms with Crippen molar-refractivity contribution >= 4 is 11.9 Å². The second-order valence-electron chi connectivity index (χ2n) is 3.10. The van der Waals surface area contributed by atoms with E-state index in [1.54, 1.807) is 6.08 Å². The van der Waals surface area contributed by atoms with Gasteiger partial charge in [0.2, 0.25) is 5.91 Å². The highest BCUT2D eigenvalue weighted by molar-refractivity contribution is 5.81. The summed E-state index contributed by atoms with van der Waals surface area (Å²) in [7, 11) is 1.33. The molecule has 15 heavy (non-hydrogen) atoms. The van der Waals surface area contributed by atoms with Crippen LogP contribution in [-0.4, -0.2) is 31.6 Å². The summed E-state index contributed by atoms with van der Waals surface area (Å²) >= 11 is 0. The zero-order valence-electron chi connectivity index (χ0n) is 8.99. The van der Waals surface area contributed by atoms with Crippen LogP contribution in [0.3, 0.4) is 0 Å². The molecule has 0 rings (SSSR count). The van der Waals surface area contributed by atoms with Crippen LogP contribution in [0.25, 0.3) is 0 Å². The van der Waals surface area contributed by atoms with Crippen molar-refractivity contribution in [3.8, 4) is 0 Å². The first-order chi connectivity index (χ1) is 7.11. The van der Waals surface area contributed by atoms with Gasteiger partial charge in [-0.3, -0.25) is 9.59 Å². The number of hydrogen-bond donors (Lipinski definition) is 2. The van der Waals surface area contributed by atoms with Crippen LogP contribution >= 0.6 is 0 Å². The number of nitrogens with two attached hydrogens (primary N) is 1. The van der Waals surface area contributed by atoms with E-state index in [0.717, 1.165) is 0 Å². The Morgan fingerprint density at radius 3 is 2.80 bits per heavy atom. The average molecular weight is 214 g/mol. The van der Waals surface area contributed by atoms with Crippen molar-refractivity contribution in [2.75, 3.05) is 13.7 Å². The summed E-state index contributed by atoms with van der Waals surface area (Å²) in [5.74, 6) is -0.501. The van der Waals surface area contributed by atoms with E-state index in [2.05, 4.69) is 16.6 Å². The highest BCUT2D eigenvalue weighted by atomic mass is 16.5. The van der Waals surface area contributed by atoms with Gasteiger partial charge in [-0.1, -0.05) is 6.08 Å². The smallest absolute Gasteiger partial charge is 0.305 e. The fourth-order valence-corrected chi connectivity index (χ4v) is 0.964. The normalized spacial score (nSPS) is 11.6. The highest BCUT2D eigenvalue weighted by Gasteiger charge is 2.10. The summed E-state index contributed by atoms with van der Waals surface area (Å²) in [6, 6.07) is -0.555. The monoisotopic (exact) mass is 214 g/mol. The molecule has 0 spiro atoms. The summed E-state index contributed by atoms with van der Waals surface area (Å²) in [5, 5.41) is 2.63. The summed E-state index contributed by atoms with van der Waals surface area (Å²) in [6.07, 6.45) is 2.90. The molecule has 0 radical (unpaired) electrons. The van der Waals surface area contributed by atoms with Crippen molar-refractivity contribution in [1.82, 2.24) is 5.32 Å². The molecule has 0 fully saturated rings. The summed E-state index contributed by atoms with van der Waals surface area (Å²) in [6.45, 7) is 3.92. The lowest BCUT2D eigenvalue weighted by Gasteiger charge is -2.09. The van der Waals surface area contributed by atoms with Crippen molar-refractivity contribution < 1.29 is 14.3 Å². The Hall–Kier alpha value is -1.36. The maximum Gasteiger partial charge on any atom is 0.305 e. The van der Waals surface area contributed by atoms with E-state index in [1.807, 2.05) is 0 Å². The minimum atomic E-state index is -0.555. The Bertz CT molecular complexity index is 229. The van der Waals surface area contributed by atoms with Crippen molar-refractivity contribution in [2.24, 2.45) is 5.73 Å². The summed E-state index contributed by atoms with van der Waals surface area (Å²) < 4.78 is 4.45. The molecule has 0 saturated heterocycles. The summed E-state index contributed by atoms with van der Waals surface area (Å²) in [4.78, 5) is 22.0. The summed E-state index contributed by atoms with van der Waals surface area (Å²) in [5.41, 5.74) is 5.52. The van der Waals surface area contributed by atoms with Crippen LogP contribution in [0.1, 0.15) is 19.3 Å². The van der Waals surface area contributed by atoms with E-state index in [9.17, 15) is 9.59 Å². The van der Waals surface area contributed by atoms with E-state index in [0.29, 0.717) is 25.8 Å². The van der Waals surface area contributed by atoms with Gasteiger partial charge in [0.15, 0.2) is 0 Å². The van der Waals surface area contributed by atoms with Gasteiger partial charge < -0.3 is 15.8 Å². The van der Waals surface area contributed by atoms with Crippen LogP contribution in [0, 0.1) is 0 Å². The van der Waals surface area contributed by atoms with Crippen LogP contribution in [0.2, 0.25) is 0 Å². The fraction of sp³-hybridized carbons (Fsp3) is 0.600. The molecule has 0 aliphatic heterocycles. The first kappa shape index (κ1) is 13.6. The molecule has 0 aliphatic carbocycles. The molecule has 0 aromatic rings. The topological polar surface area (TPSA) is 81.4 Å². The second-order valence-corrected chi connectivity index (χ2v) is 3.10. The Balaban J connectivity index is 3.54. The number of carbonyl (C=O) groups is 2. The molecular weight excluding hydrogens is 196 g/mol. The number of hydrogen-bond acceptors (Lipinski definition) is 4. The first-order valence-electron chi connectivity index (χ1n) is 4.82. The van der Waals surface area contributed by atoms with Gasteiger partial charge in [0, 0.05) is 13.0 Å². The van der Waals surface area contributed by atoms with Gasteiger partial charge in [0.25, 0.3) is 0 Å². The lowest BCUT2D eigenvalue weighted by Crippen LogP contribution is -2.40. The molecule has 1 unspecified atom stereocenters. The van der Waals surface area contributed by atoms with E-state index in [1.165, 1.54) is 7.11 Å². The molecule has 0 aromatic heterocycles. The average Bonchev–Trinajstić information content (AvgIpc) is 2.23. The van der Waals surface area contributed by atoms with Crippen LogP contribution in [0.15, 0.2) is 12.7 Å². The molecule has 5 nitrogen and oxygen atoms in total. The molecule has 5 heteroatoms. The number of carbonyl (C=O) groups excluding carboxylic acids is 2. The Labute approximate surface area is 89.7 Å². The van der Waals surface area contributed by atoms with Crippen molar-refractivity contribution in [3.05, 3.63) is 12.7 Å². The number of methoxy groups -OCH3 is 1. The lowest BCUT2D eigenvalue weighted by atomic mass is 10.2. The zero-order valence-corrected chi connectivity index (χ0v) is 8.99. The second kappa shape index (κ2) is 7.99. The third-order valence-electron chi connectivity index (χ3n) is 1.84. The Morgan fingerprint density at radius 2 is 2.27 bits per heavy atom. The molecule has 1 atom stereocenters. The van der Waals surface area contributed by atoms with Gasteiger partial charge in [-0.15, -0.1) is 6.58 Å². The molecule has 1 amide bonds. The van der Waals surface area contributed by atoms with Gasteiger partial charge >= 0.3 is 5.97 Å². The molecule has 3 N–H and O–H groups in total. The standard InChI is InChI=1S/C10H18N2O3/c1-3-5-8(11)10(14)12-7-4-6-9(13)15-2/h3,8H,1,4-7,11H2,2H3,(H,12,14). The minimum absolute atomic E-state index is 0.222. The fourth-order valence-electron chi connectivity index (χ4n) is 0.964. The molecule has 0 aromatic carbocycles. The molecule has 0 heterocycles. The highest BCUT2D eigenvalue weighted by Crippen LogP contribution is 1.92. The van der Waals surface area contributed by atoms with E-state index < -0.39 is 6.04 Å². The minimum Gasteiger partial charge on any atom is -0.469 e. The largest absolute Gasteiger partial charge is 0.469 e. The quantitative estimate of drug-likeness (QED) is 0.354. The molecular formula is C10H18N2O3. The number of ether oxygens (including phenoxy) is 1. The van der Waals surface area contributed by atoms with E-state index in [-0.39, 0.29) is 11.9 Å². The first-order valence-corrected chi connectivity index (χ1v) is 4.82. The third kappa shape index (κ3) is 6.68. The van der Waals surface area contributed by atoms with Crippen LogP contribution in [0.4, 0.5) is 0 Å². The third-order valence-corrected chi connectivity index (χ3v) is 1.84. The Kier molecular flexibility index (Phi) is 7.27. The molecule has 86 valence electrons. The molecule has 0 aliphatic rings. The zero-order chi connectivity index (χ0) is 11.7. The van der Waals surface area contributed by atoms with Gasteiger partial charge in [0.05, 0.1) is 13.2 Å². The Morgan fingerprint density at radius 1 is 1.60 bits per heavy atom. The van der Waals surface area contributed by atoms with E-state index >= 15 is 0 Å². The van der Waals surface area contributed by atoms with Gasteiger partial charge in [-0.2, -0.15) is 0 Å². The van der Waals surface area contributed by atoms with Crippen LogP contribution < -0.4 is 11.1 Å². The number of esters is 1. The maximum absolute atomic E-state index is 11.2. The number of rotatable bonds is 7. The molecule has 0 bridgehead atoms. The maximum atomic E-state index is 11.2. The molecule has 0 saturated carbocycles. The van der Waals surface area contributed by atoms with Gasteiger partial charge in [0.1, 0.15) is 0 Å². The SMILES string of the molecule is C=CCC(N)C(=O)NCCCC(=O)OC. The van der Waals surface area contributed by atoms with E-state index in [4.69, 9.17) is 5.73 Å². The van der Waals surface area contributed by atoms with Crippen LogP contribution in [0.5, 0.6) is 0 Å². The van der Waals surface area contributed by atoms with Crippen molar-refractivity contribution in [2.45, 2.75) is 25.3 Å². The van der Waals surface area contributed by atoms with Gasteiger partial charge in [-0.05, 0) is 12.8 Å². The number of nitrogens with one attached hydrogen (secondary N) is 1. The lowest BCUT2D eigenvalue weighted by molar-refractivity contribution is -0.140. The predicted octanol–water partition coefficient (Wildman–Crippen LogP) is -0.0408. The predicted molar refractivity (Wildman–Crippen MR) is 57.0 cm³/mol. The van der Waals surface area contributed by atoms with Gasteiger partial charge in [-0.25, -0.2) is 0 Å². The number of amides is 1. The van der Waals surface area contributed by atoms with Crippen LogP contribution in [-0.2, 0) is 14.3 Å².